The first-order valence-electron chi connectivity index (χ1n) is 12.1. The topological polar surface area (TPSA) is 98.9 Å². The number of hydrogen-bond acceptors (Lipinski definition) is 5. The maximum atomic E-state index is 14.9. The average molecular weight is 530 g/mol. The molecule has 5 rings (SSSR count). The van der Waals surface area contributed by atoms with Crippen molar-refractivity contribution in [2.75, 3.05) is 10.6 Å². The Morgan fingerprint density at radius 2 is 1.82 bits per heavy atom. The van der Waals surface area contributed by atoms with E-state index in [2.05, 4.69) is 25.8 Å². The molecule has 0 bridgehead atoms. The Kier molecular flexibility index (Phi) is 7.04. The van der Waals surface area contributed by atoms with Gasteiger partial charge in [-0.3, -0.25) is 15.0 Å². The predicted molar refractivity (Wildman–Crippen MR) is 143 cm³/mol. The quantitative estimate of drug-likeness (QED) is 0.251. The number of nitrogens with zero attached hydrogens (tertiary/aromatic N) is 5. The molecule has 0 aliphatic rings. The Morgan fingerprint density at radius 3 is 2.54 bits per heavy atom. The van der Waals surface area contributed by atoms with Crippen LogP contribution in [0.1, 0.15) is 25.5 Å². The molecule has 3 aromatic heterocycles. The van der Waals surface area contributed by atoms with Crippen molar-refractivity contribution in [3.63, 3.8) is 0 Å². The molecule has 0 radical (unpaired) electrons. The van der Waals surface area contributed by atoms with Gasteiger partial charge in [0.1, 0.15) is 29.0 Å². The zero-order valence-electron chi connectivity index (χ0n) is 21.4. The van der Waals surface area contributed by atoms with Crippen LogP contribution < -0.4 is 15.4 Å². The molecule has 5 aromatic rings. The minimum atomic E-state index is -0.689. The molecule has 2 N–H and O–H groups in total. The molecule has 0 saturated carbocycles. The number of pyridine rings is 1. The number of anilines is 2. The van der Waals surface area contributed by atoms with Crippen molar-refractivity contribution in [2.24, 2.45) is 7.05 Å². The monoisotopic (exact) mass is 529 g/mol. The highest BCUT2D eigenvalue weighted by molar-refractivity contribution is 5.99. The highest BCUT2D eigenvalue weighted by Gasteiger charge is 2.16. The van der Waals surface area contributed by atoms with Crippen LogP contribution in [0, 0.1) is 11.6 Å². The van der Waals surface area contributed by atoms with Crippen LogP contribution in [0.3, 0.4) is 0 Å². The van der Waals surface area contributed by atoms with E-state index in [1.807, 2.05) is 27.1 Å². The highest BCUT2D eigenvalue weighted by Crippen LogP contribution is 2.28. The van der Waals surface area contributed by atoms with E-state index < -0.39 is 17.7 Å². The highest BCUT2D eigenvalue weighted by atomic mass is 19.1. The van der Waals surface area contributed by atoms with E-state index in [4.69, 9.17) is 4.74 Å². The number of urea groups is 1. The third-order valence-corrected chi connectivity index (χ3v) is 5.77. The van der Waals surface area contributed by atoms with Crippen molar-refractivity contribution in [1.29, 1.82) is 0 Å². The van der Waals surface area contributed by atoms with Gasteiger partial charge >= 0.3 is 6.03 Å². The second-order valence-electron chi connectivity index (χ2n) is 9.10. The molecule has 2 amide bonds. The summed E-state index contributed by atoms with van der Waals surface area (Å²) in [6, 6.07) is 14.3. The van der Waals surface area contributed by atoms with E-state index >= 15 is 0 Å². The summed E-state index contributed by atoms with van der Waals surface area (Å²) < 4.78 is 37.6. The van der Waals surface area contributed by atoms with E-state index in [-0.39, 0.29) is 17.4 Å². The number of hydrogen-bond donors (Lipinski definition) is 2. The number of rotatable bonds is 7. The van der Waals surface area contributed by atoms with Gasteiger partial charge < -0.3 is 10.1 Å². The first-order chi connectivity index (χ1) is 18.7. The first kappa shape index (κ1) is 25.6. The maximum absolute atomic E-state index is 14.9. The number of nitrogens with one attached hydrogen (secondary N) is 2. The number of aryl methyl sites for hydroxylation is 1. The SMILES string of the molecule is CC(C)c1cc(NC(=O)Nc2ccc(Oc3ccnc(-c4cnn(C)c4)c3)cc2F)n(-c2cccc(F)c2)n1. The minimum absolute atomic E-state index is 0.0495. The first-order valence-corrected chi connectivity index (χ1v) is 12.1. The Morgan fingerprint density at radius 1 is 1.00 bits per heavy atom. The summed E-state index contributed by atoms with van der Waals surface area (Å²) in [7, 11) is 1.81. The van der Waals surface area contributed by atoms with E-state index in [0.717, 1.165) is 5.56 Å². The molecular formula is C28H25F2N7O2. The van der Waals surface area contributed by atoms with Crippen LogP contribution in [0.5, 0.6) is 11.5 Å². The summed E-state index contributed by atoms with van der Waals surface area (Å²) in [5.41, 5.74) is 2.57. The van der Waals surface area contributed by atoms with Gasteiger partial charge in [0.2, 0.25) is 0 Å². The van der Waals surface area contributed by atoms with Crippen LogP contribution >= 0.6 is 0 Å². The van der Waals surface area contributed by atoms with Crippen LogP contribution in [0.4, 0.5) is 25.1 Å². The molecule has 0 unspecified atom stereocenters. The molecule has 39 heavy (non-hydrogen) atoms. The zero-order valence-corrected chi connectivity index (χ0v) is 21.4. The molecule has 0 aliphatic heterocycles. The lowest BCUT2D eigenvalue weighted by atomic mass is 10.1. The van der Waals surface area contributed by atoms with Crippen LogP contribution in [0.15, 0.2) is 79.3 Å². The molecule has 198 valence electrons. The summed E-state index contributed by atoms with van der Waals surface area (Å²) in [6.07, 6.45) is 5.10. The molecule has 0 aliphatic carbocycles. The van der Waals surface area contributed by atoms with E-state index in [9.17, 15) is 13.6 Å². The zero-order chi connectivity index (χ0) is 27.5. The minimum Gasteiger partial charge on any atom is -0.457 e. The van der Waals surface area contributed by atoms with E-state index in [1.165, 1.54) is 35.0 Å². The average Bonchev–Trinajstić information content (AvgIpc) is 3.52. The van der Waals surface area contributed by atoms with Crippen LogP contribution in [-0.2, 0) is 7.05 Å². The molecule has 0 atom stereocenters. The summed E-state index contributed by atoms with van der Waals surface area (Å²) in [5.74, 6) is -0.0426. The van der Waals surface area contributed by atoms with Crippen molar-refractivity contribution in [3.8, 4) is 28.4 Å². The van der Waals surface area contributed by atoms with E-state index in [0.29, 0.717) is 28.6 Å². The Labute approximate surface area is 223 Å². The number of carbonyl (C=O) groups excluding carboxylic acids is 1. The molecule has 11 heteroatoms. The lowest BCUT2D eigenvalue weighted by Gasteiger charge is -2.12. The van der Waals surface area contributed by atoms with Crippen molar-refractivity contribution in [1.82, 2.24) is 24.5 Å². The second-order valence-corrected chi connectivity index (χ2v) is 9.10. The summed E-state index contributed by atoms with van der Waals surface area (Å²) >= 11 is 0. The number of halogens is 2. The van der Waals surface area contributed by atoms with Gasteiger partial charge in [0.05, 0.1) is 29.0 Å². The smallest absolute Gasteiger partial charge is 0.324 e. The molecule has 0 fully saturated rings. The van der Waals surface area contributed by atoms with Crippen LogP contribution in [0.25, 0.3) is 16.9 Å². The fraction of sp³-hybridized carbons (Fsp3) is 0.143. The number of carbonyl (C=O) groups is 1. The van der Waals surface area contributed by atoms with Crippen molar-refractivity contribution in [3.05, 3.63) is 96.6 Å². The maximum Gasteiger partial charge on any atom is 0.324 e. The van der Waals surface area contributed by atoms with Gasteiger partial charge in [0.15, 0.2) is 0 Å². The molecule has 0 saturated heterocycles. The normalized spacial score (nSPS) is 11.0. The summed E-state index contributed by atoms with van der Waals surface area (Å²) in [6.45, 7) is 3.90. The number of benzene rings is 2. The molecule has 0 spiro atoms. The largest absolute Gasteiger partial charge is 0.457 e. The fourth-order valence-corrected chi connectivity index (χ4v) is 3.83. The number of amides is 2. The van der Waals surface area contributed by atoms with Gasteiger partial charge in [-0.1, -0.05) is 19.9 Å². The standard InChI is InChI=1S/C28H25F2N7O2/c1-17(2)25-14-27(37(35-25)20-6-4-5-19(29)11-20)34-28(38)33-24-8-7-21(12-23(24)30)39-22-9-10-31-26(13-22)18-15-32-36(3)16-18/h4-17H,1-3H3,(H2,33,34,38). The van der Waals surface area contributed by atoms with Crippen LogP contribution in [-0.4, -0.2) is 30.6 Å². The Hall–Kier alpha value is -5.06. The Bertz CT molecular complexity index is 1640. The predicted octanol–water partition coefficient (Wildman–Crippen LogP) is 6.51. The number of ether oxygens (including phenoxy) is 1. The van der Waals surface area contributed by atoms with Gasteiger partial charge in [-0.05, 0) is 42.3 Å². The van der Waals surface area contributed by atoms with Crippen molar-refractivity contribution < 1.29 is 18.3 Å². The van der Waals surface area contributed by atoms with Gasteiger partial charge in [-0.25, -0.2) is 18.3 Å². The van der Waals surface area contributed by atoms with Crippen LogP contribution in [0.2, 0.25) is 0 Å². The third kappa shape index (κ3) is 5.93. The third-order valence-electron chi connectivity index (χ3n) is 5.77. The van der Waals surface area contributed by atoms with Gasteiger partial charge in [-0.15, -0.1) is 0 Å². The fourth-order valence-electron chi connectivity index (χ4n) is 3.83. The molecule has 2 aromatic carbocycles. The summed E-state index contributed by atoms with van der Waals surface area (Å²) in [5, 5.41) is 13.8. The lowest BCUT2D eigenvalue weighted by Crippen LogP contribution is -2.22. The summed E-state index contributed by atoms with van der Waals surface area (Å²) in [4.78, 5) is 17.1. The Balaban J connectivity index is 1.29. The molecule has 9 nitrogen and oxygen atoms in total. The lowest BCUT2D eigenvalue weighted by molar-refractivity contribution is 0.262. The molecule has 3 heterocycles. The van der Waals surface area contributed by atoms with Gasteiger partial charge in [0, 0.05) is 43.2 Å². The number of aromatic nitrogens is 5. The van der Waals surface area contributed by atoms with Crippen molar-refractivity contribution in [2.45, 2.75) is 19.8 Å². The van der Waals surface area contributed by atoms with E-state index in [1.54, 1.807) is 47.4 Å². The van der Waals surface area contributed by atoms with Crippen molar-refractivity contribution >= 4 is 17.5 Å². The van der Waals surface area contributed by atoms with Gasteiger partial charge in [-0.2, -0.15) is 10.2 Å². The molecular weight excluding hydrogens is 504 g/mol. The second kappa shape index (κ2) is 10.7. The van der Waals surface area contributed by atoms with Gasteiger partial charge in [0.25, 0.3) is 0 Å².